The number of rotatable bonds is 4. The average Bonchev–Trinajstić information content (AvgIpc) is 3.38. The molecule has 4 saturated carbocycles. The summed E-state index contributed by atoms with van der Waals surface area (Å²) in [5.74, 6) is -1.77. The predicted octanol–water partition coefficient (Wildman–Crippen LogP) is 0.391. The van der Waals surface area contributed by atoms with Crippen LogP contribution in [0, 0.1) is 28.6 Å². The van der Waals surface area contributed by atoms with Crippen LogP contribution in [-0.4, -0.2) is 106 Å². The van der Waals surface area contributed by atoms with Gasteiger partial charge in [0, 0.05) is 19.1 Å². The number of methoxy groups -OCH3 is 1. The highest BCUT2D eigenvalue weighted by molar-refractivity contribution is 5.94. The third-order valence-corrected chi connectivity index (χ3v) is 12.5. The summed E-state index contributed by atoms with van der Waals surface area (Å²) in [4.78, 5) is 26.0. The molecule has 2 saturated heterocycles. The van der Waals surface area contributed by atoms with Gasteiger partial charge in [0.1, 0.15) is 42.2 Å². The van der Waals surface area contributed by atoms with Gasteiger partial charge in [0.2, 0.25) is 0 Å². The van der Waals surface area contributed by atoms with E-state index in [0.717, 1.165) is 0 Å². The molecule has 3 aliphatic heterocycles. The van der Waals surface area contributed by atoms with Gasteiger partial charge >= 0.3 is 5.97 Å². The Labute approximate surface area is 239 Å². The number of esters is 1. The van der Waals surface area contributed by atoms with E-state index in [1.165, 1.54) is 13.2 Å². The topological polar surface area (TPSA) is 165 Å². The van der Waals surface area contributed by atoms with Gasteiger partial charge in [0.25, 0.3) is 0 Å². The Morgan fingerprint density at radius 1 is 1.05 bits per heavy atom. The van der Waals surface area contributed by atoms with Crippen LogP contribution in [0.3, 0.4) is 0 Å². The third kappa shape index (κ3) is 3.43. The lowest BCUT2D eigenvalue weighted by Gasteiger charge is -2.62. The molecule has 4 N–H and O–H groups in total. The molecule has 3 heterocycles. The summed E-state index contributed by atoms with van der Waals surface area (Å²) >= 11 is 0. The fraction of sp³-hybridized carbons (Fsp3) is 0.867. The number of epoxide rings is 1. The van der Waals surface area contributed by atoms with Crippen molar-refractivity contribution in [3.8, 4) is 0 Å². The number of cyclic esters (lactones) is 1. The molecule has 4 aliphatic carbocycles. The van der Waals surface area contributed by atoms with E-state index in [2.05, 4.69) is 6.92 Å². The molecular weight excluding hydrogens is 536 g/mol. The SMILES string of the molecule is CO[C@@H]1[C@H](O)[C@H](O[C@@H]2CC[C@@]3(C)[C@@H](C2)C[C@H]2O[C@]24[C@@H]3[C@H](O)C(=O)[C@]2(C)[C@@H](C3=CC(=O)OC3)CC[C@@]42O)O[C@@H](C)[C@@H]1O. The standard InChI is InChI=1S/C30H42O11/c1-13-20(32)23(37-4)21(33)26(39-13)40-16-5-7-27(2)15(10-16)11-18-30(41-18)24(27)22(34)25(35)28(3)17(6-8-29(28,30)36)14-9-19(31)38-12-14/h9,13,15-18,20-24,26,32-34,36H,5-8,10-12H2,1-4H3/t13-,15-,16+,17+,18+,20-,21-,22-,23-,24+,26-,27-,28-,29-,30-/m0/s1. The molecule has 0 unspecified atom stereocenters. The van der Waals surface area contributed by atoms with Crippen molar-refractivity contribution >= 4 is 11.8 Å². The summed E-state index contributed by atoms with van der Waals surface area (Å²) in [6.45, 7) is 5.65. The average molecular weight is 579 g/mol. The molecule has 41 heavy (non-hydrogen) atoms. The fourth-order valence-electron chi connectivity index (χ4n) is 10.3. The van der Waals surface area contributed by atoms with Crippen LogP contribution >= 0.6 is 0 Å². The molecule has 0 amide bonds. The molecule has 0 aromatic rings. The first kappa shape index (κ1) is 28.3. The number of carbonyl (C=O) groups excluding carboxylic acids is 2. The largest absolute Gasteiger partial charge is 0.458 e. The van der Waals surface area contributed by atoms with Crippen molar-refractivity contribution in [2.45, 2.75) is 120 Å². The number of aliphatic hydroxyl groups is 4. The van der Waals surface area contributed by atoms with Gasteiger partial charge in [-0.25, -0.2) is 4.79 Å². The number of fused-ring (bicyclic) bond motifs is 3. The van der Waals surface area contributed by atoms with Crippen LogP contribution in [0.25, 0.3) is 0 Å². The lowest BCUT2D eigenvalue weighted by molar-refractivity contribution is -0.313. The Bertz CT molecular complexity index is 1170. The fourth-order valence-corrected chi connectivity index (χ4v) is 10.3. The smallest absolute Gasteiger partial charge is 0.331 e. The van der Waals surface area contributed by atoms with Crippen LogP contribution in [0.5, 0.6) is 0 Å². The molecule has 0 aromatic heterocycles. The van der Waals surface area contributed by atoms with Crippen molar-refractivity contribution in [3.05, 3.63) is 11.6 Å². The number of Topliss-reactive ketones (excluding diaryl/α,β-unsaturated/α-hetero) is 1. The zero-order valence-corrected chi connectivity index (χ0v) is 24.0. The highest BCUT2D eigenvalue weighted by Gasteiger charge is 2.88. The van der Waals surface area contributed by atoms with E-state index in [-0.39, 0.29) is 30.5 Å². The van der Waals surface area contributed by atoms with Crippen LogP contribution in [0.1, 0.15) is 59.3 Å². The zero-order chi connectivity index (χ0) is 29.3. The summed E-state index contributed by atoms with van der Waals surface area (Å²) in [7, 11) is 1.43. The van der Waals surface area contributed by atoms with E-state index < -0.39 is 76.6 Å². The van der Waals surface area contributed by atoms with Crippen LogP contribution in [-0.2, 0) is 33.3 Å². The quantitative estimate of drug-likeness (QED) is 0.207. The van der Waals surface area contributed by atoms with E-state index in [1.807, 2.05) is 0 Å². The number of hydrogen-bond acceptors (Lipinski definition) is 11. The molecule has 15 atom stereocenters. The molecule has 0 bridgehead atoms. The van der Waals surface area contributed by atoms with Crippen molar-refractivity contribution in [1.29, 1.82) is 0 Å². The van der Waals surface area contributed by atoms with Gasteiger partial charge in [-0.3, -0.25) is 4.79 Å². The molecule has 7 rings (SSSR count). The summed E-state index contributed by atoms with van der Waals surface area (Å²) in [6.07, 6.45) is -1.55. The van der Waals surface area contributed by atoms with Gasteiger partial charge < -0.3 is 44.1 Å². The highest BCUT2D eigenvalue weighted by atomic mass is 16.7. The van der Waals surface area contributed by atoms with Crippen molar-refractivity contribution in [3.63, 3.8) is 0 Å². The summed E-state index contributed by atoms with van der Waals surface area (Å²) in [5.41, 5.74) is -3.60. The van der Waals surface area contributed by atoms with E-state index in [4.69, 9.17) is 23.7 Å². The minimum Gasteiger partial charge on any atom is -0.458 e. The van der Waals surface area contributed by atoms with E-state index in [1.54, 1.807) is 13.8 Å². The number of hydrogen-bond donors (Lipinski definition) is 4. The molecular formula is C30H42O11. The second-order valence-corrected chi connectivity index (χ2v) is 14.0. The normalized spacial score (nSPS) is 57.7. The minimum atomic E-state index is -1.48. The van der Waals surface area contributed by atoms with Gasteiger partial charge in [-0.1, -0.05) is 6.92 Å². The second kappa shape index (κ2) is 9.04. The summed E-state index contributed by atoms with van der Waals surface area (Å²) in [5, 5.41) is 45.4. The maximum atomic E-state index is 14.2. The molecule has 1 spiro atoms. The molecule has 6 fully saturated rings. The Morgan fingerprint density at radius 3 is 2.49 bits per heavy atom. The monoisotopic (exact) mass is 578 g/mol. The van der Waals surface area contributed by atoms with Gasteiger partial charge in [0.15, 0.2) is 12.1 Å². The maximum absolute atomic E-state index is 14.2. The van der Waals surface area contributed by atoms with Gasteiger partial charge in [-0.05, 0) is 75.2 Å². The second-order valence-electron chi connectivity index (χ2n) is 14.0. The predicted molar refractivity (Wildman–Crippen MR) is 139 cm³/mol. The summed E-state index contributed by atoms with van der Waals surface area (Å²) in [6, 6.07) is 0. The van der Waals surface area contributed by atoms with E-state index in [0.29, 0.717) is 44.1 Å². The van der Waals surface area contributed by atoms with Gasteiger partial charge in [-0.2, -0.15) is 0 Å². The van der Waals surface area contributed by atoms with Crippen molar-refractivity contribution in [1.82, 2.24) is 0 Å². The van der Waals surface area contributed by atoms with Crippen LogP contribution in [0.15, 0.2) is 11.6 Å². The Morgan fingerprint density at radius 2 is 1.80 bits per heavy atom. The van der Waals surface area contributed by atoms with E-state index >= 15 is 0 Å². The van der Waals surface area contributed by atoms with Crippen molar-refractivity contribution in [2.75, 3.05) is 13.7 Å². The first-order valence-electron chi connectivity index (χ1n) is 15.0. The first-order valence-corrected chi connectivity index (χ1v) is 15.0. The van der Waals surface area contributed by atoms with E-state index in [9.17, 15) is 30.0 Å². The maximum Gasteiger partial charge on any atom is 0.331 e. The highest BCUT2D eigenvalue weighted by Crippen LogP contribution is 2.76. The lowest BCUT2D eigenvalue weighted by Crippen LogP contribution is -2.75. The Balaban J connectivity index is 1.15. The molecule has 11 nitrogen and oxygen atoms in total. The lowest BCUT2D eigenvalue weighted by atomic mass is 9.41. The summed E-state index contributed by atoms with van der Waals surface area (Å²) < 4.78 is 29.0. The molecule has 11 heteroatoms. The number of ether oxygens (including phenoxy) is 5. The Kier molecular flexibility index (Phi) is 6.25. The molecule has 0 aromatic carbocycles. The number of aliphatic hydroxyl groups excluding tert-OH is 3. The van der Waals surface area contributed by atoms with Crippen molar-refractivity contribution in [2.24, 2.45) is 28.6 Å². The van der Waals surface area contributed by atoms with Gasteiger partial charge in [-0.15, -0.1) is 0 Å². The molecule has 228 valence electrons. The zero-order valence-electron chi connectivity index (χ0n) is 24.0. The van der Waals surface area contributed by atoms with Crippen LogP contribution < -0.4 is 0 Å². The minimum absolute atomic E-state index is 0.0463. The number of carbonyl (C=O) groups is 2. The number of ketones is 1. The van der Waals surface area contributed by atoms with Crippen LogP contribution in [0.4, 0.5) is 0 Å². The third-order valence-electron chi connectivity index (χ3n) is 12.5. The van der Waals surface area contributed by atoms with Crippen molar-refractivity contribution < 1.29 is 53.7 Å². The van der Waals surface area contributed by atoms with Crippen LogP contribution in [0.2, 0.25) is 0 Å². The molecule has 0 radical (unpaired) electrons. The molecule has 7 aliphatic rings. The first-order chi connectivity index (χ1) is 19.3. The van der Waals surface area contributed by atoms with Gasteiger partial charge in [0.05, 0.1) is 23.7 Å². The Hall–Kier alpha value is -1.44.